The van der Waals surface area contributed by atoms with Gasteiger partial charge in [-0.25, -0.2) is 4.79 Å². The van der Waals surface area contributed by atoms with Crippen LogP contribution in [0.5, 0.6) is 17.2 Å². The van der Waals surface area contributed by atoms with E-state index < -0.39 is 18.5 Å². The number of methoxy groups -OCH3 is 3. The molecule has 0 aliphatic carbocycles. The molecule has 9 heteroatoms. The predicted octanol–water partition coefficient (Wildman–Crippen LogP) is 0.993. The molecule has 29 heavy (non-hydrogen) atoms. The number of carbonyl (C=O) groups excluding carboxylic acids is 3. The molecule has 1 aliphatic rings. The van der Waals surface area contributed by atoms with Gasteiger partial charge in [0.05, 0.1) is 27.2 Å². The normalized spacial score (nSPS) is 16.4. The summed E-state index contributed by atoms with van der Waals surface area (Å²) in [5.74, 6) is -0.378. The van der Waals surface area contributed by atoms with Crippen molar-refractivity contribution in [2.24, 2.45) is 11.7 Å². The van der Waals surface area contributed by atoms with E-state index in [-0.39, 0.29) is 18.4 Å². The zero-order valence-corrected chi connectivity index (χ0v) is 16.8. The van der Waals surface area contributed by atoms with Gasteiger partial charge in [-0.15, -0.1) is 0 Å². The molecule has 1 fully saturated rings. The Hall–Kier alpha value is -3.23. The van der Waals surface area contributed by atoms with Gasteiger partial charge in [-0.2, -0.15) is 0 Å². The van der Waals surface area contributed by atoms with Crippen molar-refractivity contribution in [3.63, 3.8) is 0 Å². The summed E-state index contributed by atoms with van der Waals surface area (Å²) >= 11 is 0. The zero-order chi connectivity index (χ0) is 21.4. The quantitative estimate of drug-likeness (QED) is 0.505. The molecule has 0 aromatic heterocycles. The SMILES string of the molecule is COc1cc(OC)c(OC)cc1/C=C/C(=O)OCC(=O)N1CCC[C@@H](C(N)=O)C1. The lowest BCUT2D eigenvalue weighted by atomic mass is 9.97. The Balaban J connectivity index is 1.96. The molecule has 1 atom stereocenters. The second-order valence-corrected chi connectivity index (χ2v) is 6.47. The topological polar surface area (TPSA) is 117 Å². The van der Waals surface area contributed by atoms with Crippen molar-refractivity contribution in [3.8, 4) is 17.2 Å². The number of primary amides is 1. The minimum absolute atomic E-state index is 0.254. The fourth-order valence-corrected chi connectivity index (χ4v) is 3.05. The lowest BCUT2D eigenvalue weighted by Gasteiger charge is -2.30. The Kier molecular flexibility index (Phi) is 7.88. The lowest BCUT2D eigenvalue weighted by Crippen LogP contribution is -2.45. The van der Waals surface area contributed by atoms with Gasteiger partial charge in [-0.1, -0.05) is 0 Å². The summed E-state index contributed by atoms with van der Waals surface area (Å²) in [7, 11) is 4.50. The minimum Gasteiger partial charge on any atom is -0.496 e. The molecule has 0 radical (unpaired) electrons. The molecule has 0 spiro atoms. The second-order valence-electron chi connectivity index (χ2n) is 6.47. The average molecular weight is 406 g/mol. The maximum Gasteiger partial charge on any atom is 0.331 e. The largest absolute Gasteiger partial charge is 0.496 e. The molecular weight excluding hydrogens is 380 g/mol. The van der Waals surface area contributed by atoms with Gasteiger partial charge in [0.15, 0.2) is 18.1 Å². The molecule has 1 aromatic carbocycles. The number of rotatable bonds is 8. The van der Waals surface area contributed by atoms with Crippen LogP contribution in [-0.2, 0) is 19.1 Å². The third kappa shape index (κ3) is 5.87. The van der Waals surface area contributed by atoms with Crippen LogP contribution in [0.25, 0.3) is 6.08 Å². The second kappa shape index (κ2) is 10.4. The number of hydrogen-bond acceptors (Lipinski definition) is 7. The van der Waals surface area contributed by atoms with Crippen LogP contribution in [0.4, 0.5) is 0 Å². The van der Waals surface area contributed by atoms with Crippen molar-refractivity contribution in [3.05, 3.63) is 23.8 Å². The van der Waals surface area contributed by atoms with Gasteiger partial charge in [-0.3, -0.25) is 9.59 Å². The molecule has 9 nitrogen and oxygen atoms in total. The molecule has 0 unspecified atom stereocenters. The van der Waals surface area contributed by atoms with Gasteiger partial charge in [0.1, 0.15) is 5.75 Å². The van der Waals surface area contributed by atoms with Crippen molar-refractivity contribution in [1.82, 2.24) is 4.90 Å². The summed E-state index contributed by atoms with van der Waals surface area (Å²) in [5, 5.41) is 0. The smallest absolute Gasteiger partial charge is 0.331 e. The zero-order valence-electron chi connectivity index (χ0n) is 16.8. The van der Waals surface area contributed by atoms with Gasteiger partial charge >= 0.3 is 5.97 Å². The number of benzene rings is 1. The van der Waals surface area contributed by atoms with Crippen molar-refractivity contribution < 1.29 is 33.3 Å². The van der Waals surface area contributed by atoms with E-state index in [9.17, 15) is 14.4 Å². The van der Waals surface area contributed by atoms with E-state index >= 15 is 0 Å². The highest BCUT2D eigenvalue weighted by atomic mass is 16.5. The standard InChI is InChI=1S/C20H26N2O7/c1-26-15-10-17(28-3)16(27-2)9-13(15)6-7-19(24)29-12-18(23)22-8-4-5-14(11-22)20(21)25/h6-7,9-10,14H,4-5,8,11-12H2,1-3H3,(H2,21,25)/b7-6+/t14-/m1/s1. The van der Waals surface area contributed by atoms with Crippen LogP contribution in [0, 0.1) is 5.92 Å². The number of amides is 2. The first-order valence-electron chi connectivity index (χ1n) is 9.11. The van der Waals surface area contributed by atoms with Crippen LogP contribution in [0.2, 0.25) is 0 Å². The highest BCUT2D eigenvalue weighted by Gasteiger charge is 2.27. The molecule has 1 aliphatic heterocycles. The fourth-order valence-electron chi connectivity index (χ4n) is 3.05. The summed E-state index contributed by atoms with van der Waals surface area (Å²) in [6.45, 7) is 0.362. The monoisotopic (exact) mass is 406 g/mol. The number of nitrogens with zero attached hydrogens (tertiary/aromatic N) is 1. The number of ether oxygens (including phenoxy) is 4. The van der Waals surface area contributed by atoms with Crippen LogP contribution < -0.4 is 19.9 Å². The Bertz CT molecular complexity index is 791. The average Bonchev–Trinajstić information content (AvgIpc) is 2.75. The summed E-state index contributed by atoms with van der Waals surface area (Å²) in [6.07, 6.45) is 4.04. The maximum atomic E-state index is 12.2. The summed E-state index contributed by atoms with van der Waals surface area (Å²) in [5.41, 5.74) is 5.89. The van der Waals surface area contributed by atoms with Crippen molar-refractivity contribution in [2.45, 2.75) is 12.8 Å². The van der Waals surface area contributed by atoms with Gasteiger partial charge in [-0.05, 0) is 25.0 Å². The van der Waals surface area contributed by atoms with Crippen molar-refractivity contribution >= 4 is 23.9 Å². The number of hydrogen-bond donors (Lipinski definition) is 1. The molecule has 0 bridgehead atoms. The summed E-state index contributed by atoms with van der Waals surface area (Å²) < 4.78 is 20.8. The van der Waals surface area contributed by atoms with Crippen LogP contribution in [0.15, 0.2) is 18.2 Å². The number of carbonyl (C=O) groups is 3. The highest BCUT2D eigenvalue weighted by molar-refractivity contribution is 5.90. The maximum absolute atomic E-state index is 12.2. The first-order chi connectivity index (χ1) is 13.9. The first-order valence-corrected chi connectivity index (χ1v) is 9.11. The molecule has 2 rings (SSSR count). The van der Waals surface area contributed by atoms with E-state index in [1.807, 2.05) is 0 Å². The molecular formula is C20H26N2O7. The number of esters is 1. The molecule has 1 heterocycles. The van der Waals surface area contributed by atoms with E-state index in [2.05, 4.69) is 0 Å². The first kappa shape index (κ1) is 22.1. The number of likely N-dealkylation sites (tertiary alicyclic amines) is 1. The van der Waals surface area contributed by atoms with Crippen molar-refractivity contribution in [2.75, 3.05) is 41.0 Å². The Morgan fingerprint density at radius 1 is 1.10 bits per heavy atom. The van der Waals surface area contributed by atoms with Gasteiger partial charge in [0, 0.05) is 30.8 Å². The molecule has 1 saturated heterocycles. The van der Waals surface area contributed by atoms with Gasteiger partial charge in [0.25, 0.3) is 5.91 Å². The van der Waals surface area contributed by atoms with Gasteiger partial charge in [0.2, 0.25) is 5.91 Å². The Labute approximate surface area is 169 Å². The van der Waals surface area contributed by atoms with E-state index in [0.717, 1.165) is 0 Å². The van der Waals surface area contributed by atoms with Crippen LogP contribution >= 0.6 is 0 Å². The molecule has 2 amide bonds. The Morgan fingerprint density at radius 2 is 1.76 bits per heavy atom. The number of piperidine rings is 1. The van der Waals surface area contributed by atoms with Gasteiger partial charge < -0.3 is 29.6 Å². The predicted molar refractivity (Wildman–Crippen MR) is 105 cm³/mol. The van der Waals surface area contributed by atoms with Crippen LogP contribution in [0.1, 0.15) is 18.4 Å². The fraction of sp³-hybridized carbons (Fsp3) is 0.450. The third-order valence-electron chi connectivity index (χ3n) is 4.65. The molecule has 0 saturated carbocycles. The molecule has 2 N–H and O–H groups in total. The van der Waals surface area contributed by atoms with Crippen LogP contribution in [-0.4, -0.2) is 63.7 Å². The van der Waals surface area contributed by atoms with E-state index in [4.69, 9.17) is 24.7 Å². The van der Waals surface area contributed by atoms with E-state index in [0.29, 0.717) is 42.2 Å². The van der Waals surface area contributed by atoms with Crippen LogP contribution in [0.3, 0.4) is 0 Å². The molecule has 1 aromatic rings. The summed E-state index contributed by atoms with van der Waals surface area (Å²) in [6, 6.07) is 3.29. The number of nitrogens with two attached hydrogens (primary N) is 1. The Morgan fingerprint density at radius 3 is 2.38 bits per heavy atom. The third-order valence-corrected chi connectivity index (χ3v) is 4.65. The summed E-state index contributed by atoms with van der Waals surface area (Å²) in [4.78, 5) is 37.0. The lowest BCUT2D eigenvalue weighted by molar-refractivity contribution is -0.149. The van der Waals surface area contributed by atoms with Crippen molar-refractivity contribution in [1.29, 1.82) is 0 Å². The van der Waals surface area contributed by atoms with E-state index in [1.165, 1.54) is 38.4 Å². The highest BCUT2D eigenvalue weighted by Crippen LogP contribution is 2.35. The molecule has 158 valence electrons. The minimum atomic E-state index is -0.682. The van der Waals surface area contributed by atoms with E-state index in [1.54, 1.807) is 12.1 Å².